The van der Waals surface area contributed by atoms with Crippen LogP contribution in [0.5, 0.6) is 0 Å². The molecule has 0 saturated heterocycles. The Balaban J connectivity index is 1.84. The van der Waals surface area contributed by atoms with Crippen molar-refractivity contribution in [1.29, 1.82) is 0 Å². The van der Waals surface area contributed by atoms with E-state index in [0.717, 1.165) is 12.8 Å². The van der Waals surface area contributed by atoms with Crippen LogP contribution in [0.1, 0.15) is 25.8 Å². The minimum atomic E-state index is 0.496. The summed E-state index contributed by atoms with van der Waals surface area (Å²) in [5.41, 5.74) is 3.84. The maximum absolute atomic E-state index is 2.27. The van der Waals surface area contributed by atoms with Crippen molar-refractivity contribution in [2.45, 2.75) is 26.7 Å². The van der Waals surface area contributed by atoms with Crippen molar-refractivity contribution in [2.24, 2.45) is 5.92 Å². The highest BCUT2D eigenvalue weighted by molar-refractivity contribution is 5.42. The van der Waals surface area contributed by atoms with Crippen molar-refractivity contribution in [2.75, 3.05) is 0 Å². The zero-order valence-corrected chi connectivity index (χ0v) is 14.8. The second-order valence-corrected chi connectivity index (χ2v) is 6.45. The van der Waals surface area contributed by atoms with Gasteiger partial charge in [-0.1, -0.05) is 53.6 Å². The molecule has 0 spiro atoms. The van der Waals surface area contributed by atoms with Crippen LogP contribution in [0.2, 0.25) is 0 Å². The summed E-state index contributed by atoms with van der Waals surface area (Å²) in [7, 11) is 0. The fourth-order valence-electron chi connectivity index (χ4n) is 3.47. The van der Waals surface area contributed by atoms with Crippen molar-refractivity contribution in [3.8, 4) is 5.69 Å². The summed E-state index contributed by atoms with van der Waals surface area (Å²) in [5, 5.41) is 0. The Kier molecular flexibility index (Phi) is 4.10. The normalized spacial score (nSPS) is 16.9. The smallest absolute Gasteiger partial charge is 0.0837 e. The molecular formula is C21H24N4+2. The van der Waals surface area contributed by atoms with E-state index < -0.39 is 0 Å². The molecular weight excluding hydrogens is 308 g/mol. The molecule has 2 aromatic heterocycles. The van der Waals surface area contributed by atoms with Crippen LogP contribution in [0, 0.1) is 5.92 Å². The first-order valence-corrected chi connectivity index (χ1v) is 8.94. The van der Waals surface area contributed by atoms with Crippen molar-refractivity contribution >= 4 is 5.70 Å². The molecule has 126 valence electrons. The van der Waals surface area contributed by atoms with Gasteiger partial charge in [-0.05, 0) is 25.0 Å². The quantitative estimate of drug-likeness (QED) is 0.653. The van der Waals surface area contributed by atoms with Gasteiger partial charge in [-0.3, -0.25) is 0 Å². The average molecular weight is 332 g/mol. The number of benzene rings is 1. The SMILES string of the molecule is CCc1ccccc1-[n+]1cccn1-n1ccc[n+]1C1=CC=CCC1C. The number of allylic oxidation sites excluding steroid dienone is 4. The molecule has 1 unspecified atom stereocenters. The first-order valence-electron chi connectivity index (χ1n) is 8.94. The highest BCUT2D eigenvalue weighted by Crippen LogP contribution is 2.19. The standard InChI is InChI=1S/C21H24N4/c1-3-19-11-5-7-13-21(19)23-15-9-17-25(23)24-16-8-14-22(24)20-12-6-4-10-18(20)2/h4-9,11-18H,3,10H2,1-2H3/q+2. The lowest BCUT2D eigenvalue weighted by Gasteiger charge is -2.12. The summed E-state index contributed by atoms with van der Waals surface area (Å²) in [6, 6.07) is 12.7. The largest absolute Gasteiger partial charge is 0.189 e. The number of hydrogen-bond acceptors (Lipinski definition) is 0. The summed E-state index contributed by atoms with van der Waals surface area (Å²) in [4.78, 5) is 4.29. The maximum atomic E-state index is 2.27. The van der Waals surface area contributed by atoms with E-state index in [4.69, 9.17) is 0 Å². The fraction of sp³-hybridized carbons (Fsp3) is 0.238. The van der Waals surface area contributed by atoms with Gasteiger partial charge < -0.3 is 0 Å². The molecule has 0 saturated carbocycles. The topological polar surface area (TPSA) is 17.6 Å². The molecule has 4 heteroatoms. The van der Waals surface area contributed by atoms with Gasteiger partial charge in [-0.15, -0.1) is 0 Å². The van der Waals surface area contributed by atoms with Crippen LogP contribution in [0.15, 0.2) is 79.4 Å². The highest BCUT2D eigenvalue weighted by atomic mass is 15.7. The van der Waals surface area contributed by atoms with Gasteiger partial charge in [0.05, 0.1) is 9.58 Å². The second-order valence-electron chi connectivity index (χ2n) is 6.45. The molecule has 0 N–H and O–H groups in total. The Labute approximate surface area is 148 Å². The Bertz CT molecular complexity index is 942. The lowest BCUT2D eigenvalue weighted by atomic mass is 9.99. The molecule has 0 radical (unpaired) electrons. The van der Waals surface area contributed by atoms with E-state index >= 15 is 0 Å². The number of rotatable bonds is 4. The first kappa shape index (κ1) is 15.6. The van der Waals surface area contributed by atoms with E-state index in [0.29, 0.717) is 5.92 Å². The number of aryl methyl sites for hydroxylation is 1. The lowest BCUT2D eigenvalue weighted by molar-refractivity contribution is -0.760. The van der Waals surface area contributed by atoms with Crippen LogP contribution in [0.3, 0.4) is 0 Å². The number of nitrogens with zero attached hydrogens (tertiary/aromatic N) is 4. The molecule has 1 aliphatic rings. The summed E-state index contributed by atoms with van der Waals surface area (Å²) >= 11 is 0. The van der Waals surface area contributed by atoms with E-state index in [-0.39, 0.29) is 0 Å². The van der Waals surface area contributed by atoms with Gasteiger partial charge in [0.1, 0.15) is 12.4 Å². The van der Waals surface area contributed by atoms with Gasteiger partial charge in [0.25, 0.3) is 0 Å². The molecule has 2 heterocycles. The fourth-order valence-corrected chi connectivity index (χ4v) is 3.47. The minimum Gasteiger partial charge on any atom is -0.0837 e. The van der Waals surface area contributed by atoms with Crippen molar-refractivity contribution < 1.29 is 9.36 Å². The number of hydrogen-bond donors (Lipinski definition) is 0. The summed E-state index contributed by atoms with van der Waals surface area (Å²) in [6.45, 7) is 4.47. The first-order chi connectivity index (χ1) is 12.3. The summed E-state index contributed by atoms with van der Waals surface area (Å²) in [6.07, 6.45) is 17.1. The van der Waals surface area contributed by atoms with Gasteiger partial charge in [0.2, 0.25) is 0 Å². The van der Waals surface area contributed by atoms with E-state index in [1.54, 1.807) is 0 Å². The molecule has 1 aromatic carbocycles. The van der Waals surface area contributed by atoms with Gasteiger partial charge in [-0.25, -0.2) is 0 Å². The minimum absolute atomic E-state index is 0.496. The second kappa shape index (κ2) is 6.55. The van der Waals surface area contributed by atoms with Crippen molar-refractivity contribution in [1.82, 2.24) is 9.58 Å². The molecule has 25 heavy (non-hydrogen) atoms. The molecule has 3 aromatic rings. The van der Waals surface area contributed by atoms with Crippen molar-refractivity contribution in [3.05, 3.63) is 85.0 Å². The third kappa shape index (κ3) is 2.74. The molecule has 0 bridgehead atoms. The van der Waals surface area contributed by atoms with Gasteiger partial charge in [-0.2, -0.15) is 0 Å². The Hall–Kier alpha value is -2.88. The van der Waals surface area contributed by atoms with E-state index in [1.807, 2.05) is 0 Å². The Morgan fingerprint density at radius 3 is 2.48 bits per heavy atom. The van der Waals surface area contributed by atoms with E-state index in [2.05, 4.69) is 112 Å². The third-order valence-electron chi connectivity index (χ3n) is 4.83. The maximum Gasteiger partial charge on any atom is 0.189 e. The van der Waals surface area contributed by atoms with Crippen LogP contribution in [-0.4, -0.2) is 9.58 Å². The van der Waals surface area contributed by atoms with E-state index in [1.165, 1.54) is 16.9 Å². The van der Waals surface area contributed by atoms with Crippen molar-refractivity contribution in [3.63, 3.8) is 0 Å². The van der Waals surface area contributed by atoms with Crippen LogP contribution in [0.25, 0.3) is 11.4 Å². The zero-order valence-electron chi connectivity index (χ0n) is 14.8. The van der Waals surface area contributed by atoms with Gasteiger partial charge in [0, 0.05) is 23.6 Å². The van der Waals surface area contributed by atoms with Gasteiger partial charge >= 0.3 is 0 Å². The Morgan fingerprint density at radius 2 is 1.72 bits per heavy atom. The van der Waals surface area contributed by atoms with Crippen LogP contribution >= 0.6 is 0 Å². The van der Waals surface area contributed by atoms with Crippen LogP contribution < -0.4 is 9.36 Å². The van der Waals surface area contributed by atoms with Crippen LogP contribution in [-0.2, 0) is 6.42 Å². The molecule has 1 atom stereocenters. The molecule has 0 amide bonds. The molecule has 1 aliphatic carbocycles. The molecule has 0 fully saturated rings. The third-order valence-corrected chi connectivity index (χ3v) is 4.83. The monoisotopic (exact) mass is 332 g/mol. The summed E-state index contributed by atoms with van der Waals surface area (Å²) in [5.74, 6) is 0.496. The Morgan fingerprint density at radius 1 is 1.00 bits per heavy atom. The average Bonchev–Trinajstić information content (AvgIpc) is 3.31. The number of aromatic nitrogens is 4. The van der Waals surface area contributed by atoms with Gasteiger partial charge in [0.15, 0.2) is 23.8 Å². The summed E-state index contributed by atoms with van der Waals surface area (Å²) < 4.78 is 4.42. The lowest BCUT2D eigenvalue weighted by Crippen LogP contribution is -2.54. The molecule has 4 rings (SSSR count). The molecule has 4 nitrogen and oxygen atoms in total. The van der Waals surface area contributed by atoms with E-state index in [9.17, 15) is 0 Å². The van der Waals surface area contributed by atoms with Crippen LogP contribution in [0.4, 0.5) is 0 Å². The predicted octanol–water partition coefficient (Wildman–Crippen LogP) is 3.16. The number of para-hydroxylation sites is 1. The predicted molar refractivity (Wildman–Crippen MR) is 98.0 cm³/mol. The molecule has 0 aliphatic heterocycles. The highest BCUT2D eigenvalue weighted by Gasteiger charge is 2.27. The zero-order chi connectivity index (χ0) is 17.2.